The van der Waals surface area contributed by atoms with Gasteiger partial charge in [0.1, 0.15) is 17.0 Å². The van der Waals surface area contributed by atoms with E-state index in [0.717, 1.165) is 66.2 Å². The molecule has 0 unspecified atom stereocenters. The Labute approximate surface area is 276 Å². The summed E-state index contributed by atoms with van der Waals surface area (Å²) < 4.78 is 6.46. The zero-order chi connectivity index (χ0) is 31.6. The zero-order valence-corrected chi connectivity index (χ0v) is 25.8. The summed E-state index contributed by atoms with van der Waals surface area (Å²) in [6.45, 7) is 0. The fourth-order valence-corrected chi connectivity index (χ4v) is 7.09. The molecule has 3 heterocycles. The minimum Gasteiger partial charge on any atom is -0.456 e. The average Bonchev–Trinajstić information content (AvgIpc) is 3.50. The smallest absolute Gasteiger partial charge is 0.138 e. The van der Waals surface area contributed by atoms with Gasteiger partial charge in [0.15, 0.2) is 0 Å². The molecular formula is C44H27N3O. The van der Waals surface area contributed by atoms with Crippen LogP contribution in [0.2, 0.25) is 0 Å². The zero-order valence-electron chi connectivity index (χ0n) is 25.8. The number of hydrogen-bond donors (Lipinski definition) is 0. The van der Waals surface area contributed by atoms with Crippen LogP contribution in [0.15, 0.2) is 169 Å². The molecule has 10 rings (SSSR count). The summed E-state index contributed by atoms with van der Waals surface area (Å²) in [7, 11) is 0. The molecule has 0 amide bonds. The van der Waals surface area contributed by atoms with Crippen LogP contribution in [-0.4, -0.2) is 9.97 Å². The third-order valence-electron chi connectivity index (χ3n) is 9.52. The van der Waals surface area contributed by atoms with Crippen LogP contribution < -0.4 is 4.90 Å². The van der Waals surface area contributed by atoms with Crippen molar-refractivity contribution in [1.29, 1.82) is 0 Å². The largest absolute Gasteiger partial charge is 0.456 e. The Morgan fingerprint density at radius 3 is 2.04 bits per heavy atom. The molecule has 4 heteroatoms. The van der Waals surface area contributed by atoms with Crippen molar-refractivity contribution in [3.63, 3.8) is 0 Å². The molecule has 0 bridgehead atoms. The van der Waals surface area contributed by atoms with Gasteiger partial charge in [-0.15, -0.1) is 0 Å². The first-order chi connectivity index (χ1) is 23.7. The summed E-state index contributed by atoms with van der Waals surface area (Å²) in [6.07, 6.45) is 5.66. The van der Waals surface area contributed by atoms with Gasteiger partial charge in [-0.25, -0.2) is 4.98 Å². The second kappa shape index (κ2) is 10.5. The van der Waals surface area contributed by atoms with E-state index in [4.69, 9.17) is 9.40 Å². The summed E-state index contributed by atoms with van der Waals surface area (Å²) in [5, 5.41) is 11.7. The van der Waals surface area contributed by atoms with Gasteiger partial charge in [-0.1, -0.05) is 84.9 Å². The van der Waals surface area contributed by atoms with Gasteiger partial charge in [0, 0.05) is 51.9 Å². The highest BCUT2D eigenvalue weighted by Crippen LogP contribution is 2.40. The normalized spacial score (nSPS) is 11.8. The molecule has 0 saturated heterocycles. The Hall–Kier alpha value is -6.52. The highest BCUT2D eigenvalue weighted by Gasteiger charge is 2.18. The van der Waals surface area contributed by atoms with E-state index in [1.54, 1.807) is 0 Å². The van der Waals surface area contributed by atoms with Crippen molar-refractivity contribution in [1.82, 2.24) is 9.97 Å². The Balaban J connectivity index is 1.09. The lowest BCUT2D eigenvalue weighted by Gasteiger charge is -2.25. The van der Waals surface area contributed by atoms with E-state index in [9.17, 15) is 0 Å². The van der Waals surface area contributed by atoms with Crippen LogP contribution in [0.1, 0.15) is 0 Å². The Morgan fingerprint density at radius 2 is 1.12 bits per heavy atom. The molecule has 0 aliphatic rings. The van der Waals surface area contributed by atoms with Gasteiger partial charge in [0.2, 0.25) is 0 Å². The molecule has 3 aromatic heterocycles. The molecule has 0 atom stereocenters. The number of aromatic nitrogens is 2. The highest BCUT2D eigenvalue weighted by molar-refractivity contribution is 6.11. The minimum atomic E-state index is 0.830. The molecular weight excluding hydrogens is 587 g/mol. The maximum Gasteiger partial charge on any atom is 0.138 e. The van der Waals surface area contributed by atoms with E-state index >= 15 is 0 Å². The topological polar surface area (TPSA) is 42.2 Å². The van der Waals surface area contributed by atoms with E-state index < -0.39 is 0 Å². The van der Waals surface area contributed by atoms with Crippen LogP contribution in [-0.2, 0) is 0 Å². The van der Waals surface area contributed by atoms with Crippen molar-refractivity contribution in [2.24, 2.45) is 0 Å². The van der Waals surface area contributed by atoms with Crippen LogP contribution in [0.3, 0.4) is 0 Å². The summed E-state index contributed by atoms with van der Waals surface area (Å²) in [5.74, 6) is 0.839. The molecule has 0 aliphatic carbocycles. The lowest BCUT2D eigenvalue weighted by molar-refractivity contribution is 0.669. The maximum absolute atomic E-state index is 6.46. The lowest BCUT2D eigenvalue weighted by atomic mass is 9.97. The number of pyridine rings is 2. The standard InChI is InChI=1S/C44H27N3O/c1-2-7-34-27-46-44(24-30(34)6-1)47(37-16-18-40-41-22-32-19-20-45-26-35(32)23-42(41)48-43(40)25-37)36-14-11-28(12-15-36)31-13-17-39-33(21-31)10-9-29-5-3-4-8-38(29)39/h1-27H. The van der Waals surface area contributed by atoms with Crippen molar-refractivity contribution in [3.05, 3.63) is 164 Å². The van der Waals surface area contributed by atoms with E-state index in [1.165, 1.54) is 27.1 Å². The second-order valence-electron chi connectivity index (χ2n) is 12.3. The van der Waals surface area contributed by atoms with Gasteiger partial charge in [0.25, 0.3) is 0 Å². The third-order valence-corrected chi connectivity index (χ3v) is 9.52. The van der Waals surface area contributed by atoms with Crippen LogP contribution in [0.5, 0.6) is 0 Å². The van der Waals surface area contributed by atoms with Crippen LogP contribution in [0.4, 0.5) is 17.2 Å². The van der Waals surface area contributed by atoms with Crippen LogP contribution in [0, 0.1) is 0 Å². The van der Waals surface area contributed by atoms with Crippen LogP contribution in [0.25, 0.3) is 76.2 Å². The number of hydrogen-bond acceptors (Lipinski definition) is 4. The summed E-state index contributed by atoms with van der Waals surface area (Å²) in [4.78, 5) is 11.4. The summed E-state index contributed by atoms with van der Waals surface area (Å²) in [6, 6.07) is 51.7. The van der Waals surface area contributed by atoms with Gasteiger partial charge in [-0.05, 0) is 98.0 Å². The number of furan rings is 1. The molecule has 224 valence electrons. The molecule has 10 aromatic rings. The number of nitrogens with zero attached hydrogens (tertiary/aromatic N) is 3. The van der Waals surface area contributed by atoms with E-state index in [-0.39, 0.29) is 0 Å². The predicted octanol–water partition coefficient (Wildman–Crippen LogP) is 12.1. The first-order valence-corrected chi connectivity index (χ1v) is 16.1. The monoisotopic (exact) mass is 613 g/mol. The lowest BCUT2D eigenvalue weighted by Crippen LogP contribution is -2.11. The Kier molecular flexibility index (Phi) is 5.84. The molecule has 0 N–H and O–H groups in total. The van der Waals surface area contributed by atoms with Gasteiger partial charge in [-0.2, -0.15) is 0 Å². The summed E-state index contributed by atoms with van der Waals surface area (Å²) >= 11 is 0. The third kappa shape index (κ3) is 4.31. The second-order valence-corrected chi connectivity index (χ2v) is 12.3. The van der Waals surface area contributed by atoms with Crippen molar-refractivity contribution < 1.29 is 4.42 Å². The summed E-state index contributed by atoms with van der Waals surface area (Å²) in [5.41, 5.74) is 6.02. The van der Waals surface area contributed by atoms with Gasteiger partial charge in [-0.3, -0.25) is 9.88 Å². The fraction of sp³-hybridized carbons (Fsp3) is 0. The molecule has 7 aromatic carbocycles. The SMILES string of the molecule is c1ccc2cc(N(c3ccc(-c4ccc5c(ccc6ccccc65)c4)cc3)c3ccc4c(c3)oc3cc5cnccc5cc34)ncc2c1. The quantitative estimate of drug-likeness (QED) is 0.185. The number of fused-ring (bicyclic) bond motifs is 8. The first kappa shape index (κ1) is 26.7. The average molecular weight is 614 g/mol. The predicted molar refractivity (Wildman–Crippen MR) is 199 cm³/mol. The fourth-order valence-electron chi connectivity index (χ4n) is 7.09. The Bertz CT molecular complexity index is 2850. The molecule has 0 radical (unpaired) electrons. The number of rotatable bonds is 4. The van der Waals surface area contributed by atoms with Crippen molar-refractivity contribution in [2.45, 2.75) is 0 Å². The molecule has 4 nitrogen and oxygen atoms in total. The van der Waals surface area contributed by atoms with Gasteiger partial charge >= 0.3 is 0 Å². The van der Waals surface area contributed by atoms with Crippen molar-refractivity contribution in [3.8, 4) is 11.1 Å². The van der Waals surface area contributed by atoms with Crippen molar-refractivity contribution in [2.75, 3.05) is 4.90 Å². The van der Waals surface area contributed by atoms with E-state index in [1.807, 2.05) is 30.7 Å². The van der Waals surface area contributed by atoms with E-state index in [2.05, 4.69) is 143 Å². The first-order valence-electron chi connectivity index (χ1n) is 16.1. The molecule has 48 heavy (non-hydrogen) atoms. The maximum atomic E-state index is 6.46. The van der Waals surface area contributed by atoms with E-state index in [0.29, 0.717) is 0 Å². The Morgan fingerprint density at radius 1 is 0.417 bits per heavy atom. The minimum absolute atomic E-state index is 0.830. The molecule has 0 spiro atoms. The molecule has 0 fully saturated rings. The number of benzene rings is 7. The molecule has 0 saturated carbocycles. The van der Waals surface area contributed by atoms with Crippen molar-refractivity contribution >= 4 is 82.2 Å². The highest BCUT2D eigenvalue weighted by atomic mass is 16.3. The van der Waals surface area contributed by atoms with Gasteiger partial charge < -0.3 is 4.42 Å². The number of anilines is 3. The molecule has 0 aliphatic heterocycles. The van der Waals surface area contributed by atoms with Gasteiger partial charge in [0.05, 0.1) is 5.69 Å². The van der Waals surface area contributed by atoms with Crippen LogP contribution >= 0.6 is 0 Å².